The van der Waals surface area contributed by atoms with E-state index in [1.54, 1.807) is 0 Å². The molecule has 1 aromatic carbocycles. The molecule has 0 aromatic heterocycles. The minimum atomic E-state index is 0.593. The highest BCUT2D eigenvalue weighted by atomic mass is 15.9. The minimum absolute atomic E-state index is 0.593. The van der Waals surface area contributed by atoms with Crippen molar-refractivity contribution in [2.24, 2.45) is 0 Å². The molecule has 2 nitrogen and oxygen atoms in total. The Morgan fingerprint density at radius 3 is 3.17 bits per heavy atom. The number of likely N-dealkylation sites (N-methyl/N-ethyl adjacent to an activating group) is 1. The maximum absolute atomic E-state index is 3.50. The van der Waals surface area contributed by atoms with E-state index in [1.807, 2.05) is 0 Å². The number of hydrogen-bond acceptors (Lipinski definition) is 1. The Hall–Kier alpha value is -0.860. The topological polar surface area (TPSA) is 21.9 Å². The summed E-state index contributed by atoms with van der Waals surface area (Å²) in [5.41, 5.74) is 6.54. The van der Waals surface area contributed by atoms with Crippen molar-refractivity contribution in [2.75, 3.05) is 13.6 Å². The second kappa shape index (κ2) is 1.90. The second-order valence-electron chi connectivity index (χ2n) is 3.97. The monoisotopic (exact) mass is 161 g/mol. The standard InChI is InChI=1S/C10H13N2/c1-12-7-6-8-4-2-3-5-9(8)10(12)11-12/h2-5,10-11H,6-7H2,1H3/q+1. The van der Waals surface area contributed by atoms with Gasteiger partial charge in [0.15, 0.2) is 0 Å². The molecule has 0 aliphatic carbocycles. The largest absolute Gasteiger partial charge is 0.228 e. The zero-order chi connectivity index (χ0) is 8.18. The predicted molar refractivity (Wildman–Crippen MR) is 47.1 cm³/mol. The van der Waals surface area contributed by atoms with Crippen LogP contribution in [0.5, 0.6) is 0 Å². The molecule has 1 N–H and O–H groups in total. The third-order valence-electron chi connectivity index (χ3n) is 3.11. The molecule has 2 unspecified atom stereocenters. The molecular formula is C10H13N2+. The van der Waals surface area contributed by atoms with Crippen LogP contribution >= 0.6 is 0 Å². The molecule has 12 heavy (non-hydrogen) atoms. The van der Waals surface area contributed by atoms with Gasteiger partial charge in [-0.05, 0) is 5.56 Å². The third kappa shape index (κ3) is 0.713. The van der Waals surface area contributed by atoms with Crippen LogP contribution in [-0.2, 0) is 6.42 Å². The SMILES string of the molecule is C[N+]12CCc3ccccc3C1N2. The van der Waals surface area contributed by atoms with Gasteiger partial charge in [-0.25, -0.2) is 4.59 Å². The van der Waals surface area contributed by atoms with Crippen molar-refractivity contribution < 1.29 is 4.59 Å². The maximum atomic E-state index is 3.50. The van der Waals surface area contributed by atoms with Crippen molar-refractivity contribution in [1.82, 2.24) is 5.43 Å². The van der Waals surface area contributed by atoms with Gasteiger partial charge in [-0.2, -0.15) is 0 Å². The summed E-state index contributed by atoms with van der Waals surface area (Å²) in [7, 11) is 2.26. The van der Waals surface area contributed by atoms with Crippen LogP contribution in [0.25, 0.3) is 0 Å². The van der Waals surface area contributed by atoms with Crippen LogP contribution in [0.4, 0.5) is 0 Å². The highest BCUT2D eigenvalue weighted by molar-refractivity contribution is 5.31. The zero-order valence-electron chi connectivity index (χ0n) is 7.25. The Morgan fingerprint density at radius 2 is 2.25 bits per heavy atom. The summed E-state index contributed by atoms with van der Waals surface area (Å²) >= 11 is 0. The fourth-order valence-electron chi connectivity index (χ4n) is 2.20. The van der Waals surface area contributed by atoms with Crippen molar-refractivity contribution in [1.29, 1.82) is 0 Å². The first-order valence-corrected chi connectivity index (χ1v) is 4.50. The molecule has 1 saturated heterocycles. The van der Waals surface area contributed by atoms with Gasteiger partial charge in [0, 0.05) is 12.0 Å². The minimum Gasteiger partial charge on any atom is -0.220 e. The van der Waals surface area contributed by atoms with E-state index in [1.165, 1.54) is 24.1 Å². The molecule has 2 atom stereocenters. The van der Waals surface area contributed by atoms with E-state index in [9.17, 15) is 0 Å². The van der Waals surface area contributed by atoms with E-state index in [4.69, 9.17) is 0 Å². The first-order valence-electron chi connectivity index (χ1n) is 4.50. The van der Waals surface area contributed by atoms with Crippen molar-refractivity contribution in [3.05, 3.63) is 35.4 Å². The third-order valence-corrected chi connectivity index (χ3v) is 3.11. The number of hydrogen-bond donors (Lipinski definition) is 1. The smallest absolute Gasteiger partial charge is 0.220 e. The first-order chi connectivity index (χ1) is 5.80. The number of nitrogens with one attached hydrogen (secondary N) is 1. The molecule has 3 rings (SSSR count). The van der Waals surface area contributed by atoms with E-state index >= 15 is 0 Å². The predicted octanol–water partition coefficient (Wildman–Crippen LogP) is 1.21. The summed E-state index contributed by atoms with van der Waals surface area (Å²) in [4.78, 5) is 0. The number of quaternary nitrogens is 1. The number of nitrogens with zero attached hydrogens (tertiary/aromatic N) is 1. The van der Waals surface area contributed by atoms with Crippen molar-refractivity contribution >= 4 is 0 Å². The molecule has 1 fully saturated rings. The van der Waals surface area contributed by atoms with Gasteiger partial charge in [-0.3, -0.25) is 0 Å². The van der Waals surface area contributed by atoms with E-state index in [2.05, 4.69) is 36.7 Å². The first kappa shape index (κ1) is 6.63. The molecule has 0 bridgehead atoms. The van der Waals surface area contributed by atoms with Crippen LogP contribution in [0.1, 0.15) is 17.3 Å². The van der Waals surface area contributed by atoms with Crippen molar-refractivity contribution in [3.8, 4) is 0 Å². The van der Waals surface area contributed by atoms with Gasteiger partial charge >= 0.3 is 0 Å². The van der Waals surface area contributed by atoms with Crippen LogP contribution in [0.15, 0.2) is 24.3 Å². The molecule has 2 heteroatoms. The number of rotatable bonds is 0. The fourth-order valence-corrected chi connectivity index (χ4v) is 2.20. The number of fused-ring (bicyclic) bond motifs is 3. The maximum Gasteiger partial charge on any atom is 0.228 e. The average Bonchev–Trinajstić information content (AvgIpc) is 2.78. The van der Waals surface area contributed by atoms with Crippen LogP contribution < -0.4 is 5.43 Å². The molecule has 62 valence electrons. The quantitative estimate of drug-likeness (QED) is 0.448. The van der Waals surface area contributed by atoms with Crippen molar-refractivity contribution in [2.45, 2.75) is 12.6 Å². The molecule has 2 heterocycles. The summed E-state index contributed by atoms with van der Waals surface area (Å²) in [6, 6.07) is 8.76. The molecular weight excluding hydrogens is 148 g/mol. The van der Waals surface area contributed by atoms with Gasteiger partial charge in [0.05, 0.1) is 7.05 Å². The molecule has 1 aromatic rings. The van der Waals surface area contributed by atoms with E-state index < -0.39 is 0 Å². The summed E-state index contributed by atoms with van der Waals surface area (Å²) in [5, 5.41) is 0. The molecule has 0 amide bonds. The molecule has 2 aliphatic heterocycles. The zero-order valence-corrected chi connectivity index (χ0v) is 7.25. The lowest BCUT2D eigenvalue weighted by Gasteiger charge is -2.17. The van der Waals surface area contributed by atoms with Crippen LogP contribution in [0.3, 0.4) is 0 Å². The van der Waals surface area contributed by atoms with Gasteiger partial charge in [0.25, 0.3) is 0 Å². The second-order valence-corrected chi connectivity index (χ2v) is 3.97. The fraction of sp³-hybridized carbons (Fsp3) is 0.400. The van der Waals surface area contributed by atoms with Gasteiger partial charge in [-0.15, -0.1) is 5.43 Å². The molecule has 0 saturated carbocycles. The Bertz CT molecular complexity index is 334. The average molecular weight is 161 g/mol. The van der Waals surface area contributed by atoms with Crippen LogP contribution in [0.2, 0.25) is 0 Å². The summed E-state index contributed by atoms with van der Waals surface area (Å²) in [6.45, 7) is 1.24. The van der Waals surface area contributed by atoms with Crippen molar-refractivity contribution in [3.63, 3.8) is 0 Å². The Kier molecular flexibility index (Phi) is 1.05. The van der Waals surface area contributed by atoms with E-state index in [-0.39, 0.29) is 0 Å². The lowest BCUT2D eigenvalue weighted by Crippen LogP contribution is -2.29. The highest BCUT2D eigenvalue weighted by Gasteiger charge is 2.55. The number of benzene rings is 1. The summed E-state index contributed by atoms with van der Waals surface area (Å²) in [6.07, 6.45) is 1.81. The molecule has 0 radical (unpaired) electrons. The highest BCUT2D eigenvalue weighted by Crippen LogP contribution is 2.41. The Balaban J connectivity index is 2.12. The van der Waals surface area contributed by atoms with Gasteiger partial charge in [-0.1, -0.05) is 24.3 Å². The van der Waals surface area contributed by atoms with Crippen LogP contribution in [-0.4, -0.2) is 18.2 Å². The van der Waals surface area contributed by atoms with E-state index in [0.717, 1.165) is 4.59 Å². The normalized spacial score (nSPS) is 36.9. The Morgan fingerprint density at radius 1 is 1.42 bits per heavy atom. The van der Waals surface area contributed by atoms with E-state index in [0.29, 0.717) is 6.17 Å². The van der Waals surface area contributed by atoms with Gasteiger partial charge in [0.1, 0.15) is 6.54 Å². The van der Waals surface area contributed by atoms with Gasteiger partial charge in [0.2, 0.25) is 6.17 Å². The summed E-state index contributed by atoms with van der Waals surface area (Å²) < 4.78 is 1.05. The Labute approximate surface area is 72.4 Å². The lowest BCUT2D eigenvalue weighted by atomic mass is 10.00. The molecule has 2 aliphatic rings. The molecule has 0 spiro atoms. The summed E-state index contributed by atoms with van der Waals surface area (Å²) in [5.74, 6) is 0. The van der Waals surface area contributed by atoms with Crippen LogP contribution in [0, 0.1) is 0 Å². The lowest BCUT2D eigenvalue weighted by molar-refractivity contribution is -0.820. The van der Waals surface area contributed by atoms with Gasteiger partial charge < -0.3 is 0 Å².